The van der Waals surface area contributed by atoms with Crippen molar-refractivity contribution in [3.05, 3.63) is 38.6 Å². The number of halogens is 1. The molecule has 0 aliphatic carbocycles. The molecular weight excluding hydrogens is 298 g/mol. The molecule has 90 valence electrons. The number of nitrogen functional groups attached to an aromatic ring is 1. The maximum absolute atomic E-state index is 5.70. The van der Waals surface area contributed by atoms with Gasteiger partial charge in [-0.3, -0.25) is 0 Å². The summed E-state index contributed by atoms with van der Waals surface area (Å²) < 4.78 is 1.16. The summed E-state index contributed by atoms with van der Waals surface area (Å²) in [5, 5.41) is 0. The van der Waals surface area contributed by atoms with Gasteiger partial charge in [0.15, 0.2) is 0 Å². The third-order valence-corrected chi connectivity index (χ3v) is 4.06. The predicted molar refractivity (Wildman–Crippen MR) is 77.5 cm³/mol. The van der Waals surface area contributed by atoms with E-state index < -0.39 is 0 Å². The Bertz CT molecular complexity index is 524. The Labute approximate surface area is 113 Å². The molecule has 0 atom stereocenters. The first kappa shape index (κ1) is 12.4. The summed E-state index contributed by atoms with van der Waals surface area (Å²) in [7, 11) is 2.04. The van der Waals surface area contributed by atoms with Gasteiger partial charge < -0.3 is 10.6 Å². The van der Waals surface area contributed by atoms with Crippen molar-refractivity contribution in [3.63, 3.8) is 0 Å². The van der Waals surface area contributed by atoms with Crippen LogP contribution in [0.3, 0.4) is 0 Å². The molecule has 2 heterocycles. The van der Waals surface area contributed by atoms with Crippen molar-refractivity contribution in [1.29, 1.82) is 0 Å². The maximum atomic E-state index is 5.70. The number of aromatic nitrogens is 1. The van der Waals surface area contributed by atoms with E-state index >= 15 is 0 Å². The van der Waals surface area contributed by atoms with Crippen molar-refractivity contribution in [2.75, 3.05) is 17.7 Å². The van der Waals surface area contributed by atoms with Gasteiger partial charge in [0.1, 0.15) is 5.82 Å². The van der Waals surface area contributed by atoms with E-state index in [4.69, 9.17) is 5.73 Å². The van der Waals surface area contributed by atoms with E-state index in [0.29, 0.717) is 5.69 Å². The van der Waals surface area contributed by atoms with Crippen LogP contribution in [-0.4, -0.2) is 12.0 Å². The van der Waals surface area contributed by atoms with E-state index in [1.54, 1.807) is 17.5 Å². The second-order valence-corrected chi connectivity index (χ2v) is 6.52. The molecule has 0 bridgehead atoms. The highest BCUT2D eigenvalue weighted by molar-refractivity contribution is 9.11. The quantitative estimate of drug-likeness (QED) is 0.944. The molecule has 0 unspecified atom stereocenters. The Kier molecular flexibility index (Phi) is 3.69. The Hall–Kier alpha value is -1.07. The smallest absolute Gasteiger partial charge is 0.131 e. The lowest BCUT2D eigenvalue weighted by molar-refractivity contribution is 0.905. The lowest BCUT2D eigenvalue weighted by atomic mass is 10.2. The van der Waals surface area contributed by atoms with Gasteiger partial charge in [-0.15, -0.1) is 11.3 Å². The van der Waals surface area contributed by atoms with Crippen LogP contribution < -0.4 is 10.6 Å². The van der Waals surface area contributed by atoms with Gasteiger partial charge in [0.2, 0.25) is 0 Å². The molecule has 2 rings (SSSR count). The third kappa shape index (κ3) is 2.98. The summed E-state index contributed by atoms with van der Waals surface area (Å²) in [6.07, 6.45) is 1.70. The Morgan fingerprint density at radius 1 is 1.47 bits per heavy atom. The van der Waals surface area contributed by atoms with Crippen LogP contribution in [0.2, 0.25) is 0 Å². The van der Waals surface area contributed by atoms with Gasteiger partial charge in [-0.2, -0.15) is 0 Å². The first-order chi connectivity index (χ1) is 8.06. The number of rotatable bonds is 3. The monoisotopic (exact) mass is 311 g/mol. The summed E-state index contributed by atoms with van der Waals surface area (Å²) in [5.41, 5.74) is 7.51. The summed E-state index contributed by atoms with van der Waals surface area (Å²) in [6.45, 7) is 2.88. The number of hydrogen-bond donors (Lipinski definition) is 1. The summed E-state index contributed by atoms with van der Waals surface area (Å²) in [4.78, 5) is 7.81. The SMILES string of the molecule is Cc1cc(N)cnc1N(C)Cc1ccc(Br)s1. The van der Waals surface area contributed by atoms with Gasteiger partial charge in [-0.1, -0.05) is 0 Å². The van der Waals surface area contributed by atoms with Crippen LogP contribution in [0.1, 0.15) is 10.4 Å². The summed E-state index contributed by atoms with van der Waals surface area (Å²) in [5.74, 6) is 0.976. The minimum atomic E-state index is 0.707. The average molecular weight is 312 g/mol. The highest BCUT2D eigenvalue weighted by atomic mass is 79.9. The van der Waals surface area contributed by atoms with Crippen molar-refractivity contribution in [2.24, 2.45) is 0 Å². The first-order valence-corrected chi connectivity index (χ1v) is 6.84. The molecule has 0 fully saturated rings. The molecule has 5 heteroatoms. The number of pyridine rings is 1. The molecular formula is C12H14BrN3S. The van der Waals surface area contributed by atoms with E-state index in [9.17, 15) is 0 Å². The molecule has 2 N–H and O–H groups in total. The fourth-order valence-corrected chi connectivity index (χ4v) is 3.27. The van der Waals surface area contributed by atoms with Crippen molar-refractivity contribution in [3.8, 4) is 0 Å². The van der Waals surface area contributed by atoms with Gasteiger partial charge in [0.25, 0.3) is 0 Å². The van der Waals surface area contributed by atoms with E-state index in [2.05, 4.69) is 37.9 Å². The number of thiophene rings is 1. The molecule has 17 heavy (non-hydrogen) atoms. The molecule has 2 aromatic heterocycles. The highest BCUT2D eigenvalue weighted by Crippen LogP contribution is 2.25. The Morgan fingerprint density at radius 2 is 2.24 bits per heavy atom. The number of nitrogens with zero attached hydrogens (tertiary/aromatic N) is 2. The number of anilines is 2. The molecule has 0 radical (unpaired) electrons. The Balaban J connectivity index is 2.17. The normalized spacial score (nSPS) is 10.5. The van der Waals surface area contributed by atoms with Crippen molar-refractivity contribution in [2.45, 2.75) is 13.5 Å². The zero-order valence-electron chi connectivity index (χ0n) is 9.77. The minimum Gasteiger partial charge on any atom is -0.397 e. The Morgan fingerprint density at radius 3 is 2.82 bits per heavy atom. The fourth-order valence-electron chi connectivity index (χ4n) is 1.73. The maximum Gasteiger partial charge on any atom is 0.131 e. The van der Waals surface area contributed by atoms with Gasteiger partial charge >= 0.3 is 0 Å². The number of aryl methyl sites for hydroxylation is 1. The fraction of sp³-hybridized carbons (Fsp3) is 0.250. The number of nitrogens with two attached hydrogens (primary N) is 1. The van der Waals surface area contributed by atoms with Crippen molar-refractivity contribution >= 4 is 38.8 Å². The van der Waals surface area contributed by atoms with Gasteiger partial charge in [0.05, 0.1) is 22.2 Å². The van der Waals surface area contributed by atoms with Gasteiger partial charge in [-0.05, 0) is 46.6 Å². The van der Waals surface area contributed by atoms with Crippen LogP contribution in [0.5, 0.6) is 0 Å². The van der Waals surface area contributed by atoms with Crippen molar-refractivity contribution in [1.82, 2.24) is 4.98 Å². The standard InChI is InChI=1S/C12H14BrN3S/c1-8-5-9(14)6-15-12(8)16(2)7-10-3-4-11(13)17-10/h3-6H,7,14H2,1-2H3. The highest BCUT2D eigenvalue weighted by Gasteiger charge is 2.08. The number of hydrogen-bond acceptors (Lipinski definition) is 4. The lowest BCUT2D eigenvalue weighted by Gasteiger charge is -2.19. The van der Waals surface area contributed by atoms with Crippen LogP contribution in [0.15, 0.2) is 28.2 Å². The molecule has 2 aromatic rings. The molecule has 0 aliphatic heterocycles. The summed E-state index contributed by atoms with van der Waals surface area (Å²) >= 11 is 5.21. The van der Waals surface area contributed by atoms with Crippen molar-refractivity contribution < 1.29 is 0 Å². The average Bonchev–Trinajstić information content (AvgIpc) is 2.63. The zero-order valence-corrected chi connectivity index (χ0v) is 12.2. The molecule has 0 aliphatic rings. The molecule has 0 amide bonds. The topological polar surface area (TPSA) is 42.1 Å². The van der Waals surface area contributed by atoms with Crippen LogP contribution in [0, 0.1) is 6.92 Å². The molecule has 3 nitrogen and oxygen atoms in total. The second kappa shape index (κ2) is 5.06. The first-order valence-electron chi connectivity index (χ1n) is 5.24. The molecule has 0 saturated carbocycles. The van der Waals surface area contributed by atoms with Crippen LogP contribution >= 0.6 is 27.3 Å². The van der Waals surface area contributed by atoms with E-state index in [1.165, 1.54) is 4.88 Å². The summed E-state index contributed by atoms with van der Waals surface area (Å²) in [6, 6.07) is 6.14. The zero-order chi connectivity index (χ0) is 12.4. The van der Waals surface area contributed by atoms with Gasteiger partial charge in [-0.25, -0.2) is 4.98 Å². The minimum absolute atomic E-state index is 0.707. The molecule has 0 saturated heterocycles. The van der Waals surface area contributed by atoms with E-state index in [1.807, 2.05) is 20.0 Å². The largest absolute Gasteiger partial charge is 0.397 e. The van der Waals surface area contributed by atoms with E-state index in [0.717, 1.165) is 21.7 Å². The molecule has 0 spiro atoms. The van der Waals surface area contributed by atoms with Crippen LogP contribution in [0.25, 0.3) is 0 Å². The second-order valence-electron chi connectivity index (χ2n) is 3.97. The van der Waals surface area contributed by atoms with Gasteiger partial charge in [0, 0.05) is 11.9 Å². The van der Waals surface area contributed by atoms with Crippen LogP contribution in [-0.2, 0) is 6.54 Å². The molecule has 0 aromatic carbocycles. The third-order valence-electron chi connectivity index (χ3n) is 2.46. The van der Waals surface area contributed by atoms with Crippen LogP contribution in [0.4, 0.5) is 11.5 Å². The lowest BCUT2D eigenvalue weighted by Crippen LogP contribution is -2.18. The predicted octanol–water partition coefficient (Wildman–Crippen LogP) is 3.43. The van der Waals surface area contributed by atoms with E-state index in [-0.39, 0.29) is 0 Å².